The third-order valence-electron chi connectivity index (χ3n) is 2.25. The molecule has 0 amide bonds. The molecule has 0 bridgehead atoms. The highest BCUT2D eigenvalue weighted by molar-refractivity contribution is 9.13. The summed E-state index contributed by atoms with van der Waals surface area (Å²) in [5.74, 6) is 1.15. The van der Waals surface area contributed by atoms with Crippen LogP contribution in [0.4, 0.5) is 0 Å². The Bertz CT molecular complexity index is 295. The SMILES string of the molecule is CCCCCn1c(CC)nc(Br)c1Br. The minimum atomic E-state index is 0.922. The van der Waals surface area contributed by atoms with Gasteiger partial charge in [-0.15, -0.1) is 0 Å². The lowest BCUT2D eigenvalue weighted by atomic mass is 10.2. The molecule has 0 saturated carbocycles. The molecule has 80 valence electrons. The van der Waals surface area contributed by atoms with Crippen LogP contribution in [-0.2, 0) is 13.0 Å². The van der Waals surface area contributed by atoms with Crippen molar-refractivity contribution in [3.8, 4) is 0 Å². The molecule has 0 aliphatic rings. The molecule has 0 N–H and O–H groups in total. The minimum Gasteiger partial charge on any atom is -0.322 e. The lowest BCUT2D eigenvalue weighted by molar-refractivity contribution is 0.575. The Kier molecular flexibility index (Phi) is 5.17. The van der Waals surface area contributed by atoms with E-state index in [0.717, 1.165) is 28.0 Å². The molecular formula is C10H16Br2N2. The quantitative estimate of drug-likeness (QED) is 0.744. The van der Waals surface area contributed by atoms with Crippen LogP contribution in [0.2, 0.25) is 0 Å². The number of aryl methyl sites for hydroxylation is 1. The highest BCUT2D eigenvalue weighted by atomic mass is 79.9. The van der Waals surface area contributed by atoms with E-state index in [2.05, 4.69) is 55.3 Å². The second-order valence-electron chi connectivity index (χ2n) is 3.32. The highest BCUT2D eigenvalue weighted by Gasteiger charge is 2.10. The van der Waals surface area contributed by atoms with Gasteiger partial charge in [-0.1, -0.05) is 26.7 Å². The smallest absolute Gasteiger partial charge is 0.139 e. The first-order valence-electron chi connectivity index (χ1n) is 5.11. The predicted molar refractivity (Wildman–Crippen MR) is 66.5 cm³/mol. The molecule has 0 atom stereocenters. The fraction of sp³-hybridized carbons (Fsp3) is 0.700. The number of unbranched alkanes of at least 4 members (excludes halogenated alkanes) is 2. The lowest BCUT2D eigenvalue weighted by Gasteiger charge is -2.06. The number of hydrogen-bond donors (Lipinski definition) is 0. The number of hydrogen-bond acceptors (Lipinski definition) is 1. The van der Waals surface area contributed by atoms with Crippen LogP contribution < -0.4 is 0 Å². The summed E-state index contributed by atoms with van der Waals surface area (Å²) in [5, 5.41) is 0. The maximum Gasteiger partial charge on any atom is 0.139 e. The van der Waals surface area contributed by atoms with Gasteiger partial charge in [0.1, 0.15) is 15.0 Å². The monoisotopic (exact) mass is 322 g/mol. The van der Waals surface area contributed by atoms with Crippen LogP contribution in [0, 0.1) is 0 Å². The van der Waals surface area contributed by atoms with Gasteiger partial charge in [0.2, 0.25) is 0 Å². The van der Waals surface area contributed by atoms with E-state index in [4.69, 9.17) is 0 Å². The maximum absolute atomic E-state index is 4.44. The van der Waals surface area contributed by atoms with Crippen LogP contribution in [0.3, 0.4) is 0 Å². The molecule has 1 heterocycles. The molecular weight excluding hydrogens is 308 g/mol. The van der Waals surface area contributed by atoms with Crippen molar-refractivity contribution in [1.82, 2.24) is 9.55 Å². The molecule has 0 aromatic carbocycles. The Morgan fingerprint density at radius 3 is 2.50 bits per heavy atom. The van der Waals surface area contributed by atoms with E-state index in [-0.39, 0.29) is 0 Å². The fourth-order valence-corrected chi connectivity index (χ4v) is 2.35. The van der Waals surface area contributed by atoms with Gasteiger partial charge in [-0.05, 0) is 38.3 Å². The van der Waals surface area contributed by atoms with Crippen LogP contribution in [0.5, 0.6) is 0 Å². The van der Waals surface area contributed by atoms with Gasteiger partial charge in [-0.25, -0.2) is 4.98 Å². The lowest BCUT2D eigenvalue weighted by Crippen LogP contribution is -2.03. The predicted octanol–water partition coefficient (Wildman–Crippen LogP) is 4.16. The van der Waals surface area contributed by atoms with E-state index in [1.807, 2.05) is 0 Å². The van der Waals surface area contributed by atoms with Crippen LogP contribution in [0.15, 0.2) is 9.21 Å². The third-order valence-corrected chi connectivity index (χ3v) is 4.14. The van der Waals surface area contributed by atoms with Gasteiger partial charge in [0.25, 0.3) is 0 Å². The van der Waals surface area contributed by atoms with Crippen molar-refractivity contribution in [2.24, 2.45) is 0 Å². The van der Waals surface area contributed by atoms with E-state index in [1.54, 1.807) is 0 Å². The molecule has 14 heavy (non-hydrogen) atoms. The van der Waals surface area contributed by atoms with Crippen molar-refractivity contribution in [3.63, 3.8) is 0 Å². The van der Waals surface area contributed by atoms with Crippen molar-refractivity contribution in [2.75, 3.05) is 0 Å². The summed E-state index contributed by atoms with van der Waals surface area (Å²) >= 11 is 6.99. The number of imidazole rings is 1. The topological polar surface area (TPSA) is 17.8 Å². The number of rotatable bonds is 5. The largest absolute Gasteiger partial charge is 0.322 e. The Morgan fingerprint density at radius 1 is 1.21 bits per heavy atom. The van der Waals surface area contributed by atoms with E-state index >= 15 is 0 Å². The second kappa shape index (κ2) is 5.91. The van der Waals surface area contributed by atoms with Crippen LogP contribution in [-0.4, -0.2) is 9.55 Å². The van der Waals surface area contributed by atoms with Crippen LogP contribution in [0.25, 0.3) is 0 Å². The average molecular weight is 324 g/mol. The van der Waals surface area contributed by atoms with Gasteiger partial charge in [0.15, 0.2) is 0 Å². The Morgan fingerprint density at radius 2 is 1.93 bits per heavy atom. The first kappa shape index (κ1) is 12.2. The average Bonchev–Trinajstić information content (AvgIpc) is 2.45. The van der Waals surface area contributed by atoms with E-state index < -0.39 is 0 Å². The van der Waals surface area contributed by atoms with Gasteiger partial charge in [0, 0.05) is 13.0 Å². The van der Waals surface area contributed by atoms with Crippen molar-refractivity contribution < 1.29 is 0 Å². The first-order valence-corrected chi connectivity index (χ1v) is 6.69. The molecule has 0 unspecified atom stereocenters. The minimum absolute atomic E-state index is 0.922. The first-order chi connectivity index (χ1) is 6.70. The molecule has 2 nitrogen and oxygen atoms in total. The van der Waals surface area contributed by atoms with E-state index in [1.165, 1.54) is 19.3 Å². The van der Waals surface area contributed by atoms with Gasteiger partial charge in [-0.3, -0.25) is 0 Å². The van der Waals surface area contributed by atoms with Gasteiger partial charge < -0.3 is 4.57 Å². The molecule has 0 saturated heterocycles. The molecule has 0 aliphatic heterocycles. The van der Waals surface area contributed by atoms with Crippen molar-refractivity contribution >= 4 is 31.9 Å². The summed E-state index contributed by atoms with van der Waals surface area (Å²) < 4.78 is 4.25. The zero-order valence-electron chi connectivity index (χ0n) is 8.69. The zero-order valence-corrected chi connectivity index (χ0v) is 11.9. The highest BCUT2D eigenvalue weighted by Crippen LogP contribution is 2.24. The number of aromatic nitrogens is 2. The molecule has 1 rings (SSSR count). The van der Waals surface area contributed by atoms with E-state index in [9.17, 15) is 0 Å². The standard InChI is InChI=1S/C10H16Br2N2/c1-3-5-6-7-14-8(4-2)13-9(11)10(14)12/h3-7H2,1-2H3. The van der Waals surface area contributed by atoms with Gasteiger partial charge in [-0.2, -0.15) is 0 Å². The summed E-state index contributed by atoms with van der Waals surface area (Å²) in [5.41, 5.74) is 0. The molecule has 0 radical (unpaired) electrons. The van der Waals surface area contributed by atoms with Crippen LogP contribution >= 0.6 is 31.9 Å². The van der Waals surface area contributed by atoms with Crippen molar-refractivity contribution in [3.05, 3.63) is 15.0 Å². The molecule has 0 spiro atoms. The molecule has 0 fully saturated rings. The summed E-state index contributed by atoms with van der Waals surface area (Å²) in [6, 6.07) is 0. The normalized spacial score (nSPS) is 10.9. The second-order valence-corrected chi connectivity index (χ2v) is 4.82. The summed E-state index contributed by atoms with van der Waals surface area (Å²) in [6.45, 7) is 5.42. The maximum atomic E-state index is 4.44. The number of nitrogens with zero attached hydrogens (tertiary/aromatic N) is 2. The Labute approximate surface area is 102 Å². The summed E-state index contributed by atoms with van der Waals surface area (Å²) in [4.78, 5) is 4.44. The van der Waals surface area contributed by atoms with Crippen molar-refractivity contribution in [1.29, 1.82) is 0 Å². The molecule has 4 heteroatoms. The van der Waals surface area contributed by atoms with Gasteiger partial charge in [0.05, 0.1) is 0 Å². The van der Waals surface area contributed by atoms with Gasteiger partial charge >= 0.3 is 0 Å². The molecule has 1 aromatic rings. The summed E-state index contributed by atoms with van der Waals surface area (Å²) in [7, 11) is 0. The summed E-state index contributed by atoms with van der Waals surface area (Å²) in [6.07, 6.45) is 4.75. The van der Waals surface area contributed by atoms with Crippen LogP contribution in [0.1, 0.15) is 38.9 Å². The van der Waals surface area contributed by atoms with E-state index in [0.29, 0.717) is 0 Å². The number of halogens is 2. The third kappa shape index (κ3) is 2.83. The molecule has 0 aliphatic carbocycles. The zero-order chi connectivity index (χ0) is 10.6. The Balaban J connectivity index is 2.72. The van der Waals surface area contributed by atoms with Crippen molar-refractivity contribution in [2.45, 2.75) is 46.1 Å². The molecule has 1 aromatic heterocycles. The Hall–Kier alpha value is 0.170. The fourth-order valence-electron chi connectivity index (χ4n) is 1.46.